The van der Waals surface area contributed by atoms with Crippen LogP contribution in [0.3, 0.4) is 0 Å². The minimum Gasteiger partial charge on any atom is -0.493 e. The van der Waals surface area contributed by atoms with Crippen molar-refractivity contribution in [1.82, 2.24) is 10.0 Å². The quantitative estimate of drug-likeness (QED) is 0.645. The summed E-state index contributed by atoms with van der Waals surface area (Å²) >= 11 is 0. The number of nitrogens with one attached hydrogen (secondary N) is 2. The van der Waals surface area contributed by atoms with Crippen LogP contribution >= 0.6 is 0 Å². The maximum absolute atomic E-state index is 13.9. The van der Waals surface area contributed by atoms with Gasteiger partial charge in [-0.3, -0.25) is 4.79 Å². The van der Waals surface area contributed by atoms with E-state index in [0.29, 0.717) is 11.5 Å². The maximum atomic E-state index is 13.9. The van der Waals surface area contributed by atoms with Gasteiger partial charge in [-0.15, -0.1) is 0 Å². The second kappa shape index (κ2) is 9.71. The van der Waals surface area contributed by atoms with Crippen molar-refractivity contribution in [2.75, 3.05) is 14.2 Å². The Morgan fingerprint density at radius 1 is 1.07 bits per heavy atom. The lowest BCUT2D eigenvalue weighted by Crippen LogP contribution is -2.49. The molecular weight excluding hydrogens is 399 g/mol. The smallest absolute Gasteiger partial charge is 0.244 e. The number of sulfonamides is 1. The van der Waals surface area contributed by atoms with Gasteiger partial charge >= 0.3 is 0 Å². The third-order valence-corrected chi connectivity index (χ3v) is 5.75. The Labute approximate surface area is 170 Å². The zero-order valence-electron chi connectivity index (χ0n) is 16.7. The van der Waals surface area contributed by atoms with E-state index in [-0.39, 0.29) is 12.5 Å². The first-order chi connectivity index (χ1) is 13.7. The molecule has 9 heteroatoms. The van der Waals surface area contributed by atoms with Crippen molar-refractivity contribution in [3.05, 3.63) is 53.8 Å². The number of hydrogen-bond donors (Lipinski definition) is 2. The number of rotatable bonds is 9. The van der Waals surface area contributed by atoms with E-state index in [2.05, 4.69) is 10.0 Å². The number of halogens is 1. The number of carbonyl (C=O) groups excluding carboxylic acids is 1. The number of benzene rings is 2. The first-order valence-electron chi connectivity index (χ1n) is 8.95. The number of carbonyl (C=O) groups is 1. The van der Waals surface area contributed by atoms with Crippen molar-refractivity contribution in [3.8, 4) is 11.5 Å². The Morgan fingerprint density at radius 3 is 2.31 bits per heavy atom. The van der Waals surface area contributed by atoms with Crippen molar-refractivity contribution >= 4 is 15.9 Å². The first-order valence-corrected chi connectivity index (χ1v) is 10.4. The predicted octanol–water partition coefficient (Wildman–Crippen LogP) is 2.46. The molecule has 0 unspecified atom stereocenters. The summed E-state index contributed by atoms with van der Waals surface area (Å²) in [6, 6.07) is 9.12. The van der Waals surface area contributed by atoms with E-state index in [0.717, 1.165) is 17.7 Å². The SMILES string of the molecule is COc1ccc(CNC(=O)[C@H](NS(=O)(=O)c2ccccc2F)C(C)C)cc1OC. The van der Waals surface area contributed by atoms with E-state index >= 15 is 0 Å². The predicted molar refractivity (Wildman–Crippen MR) is 107 cm³/mol. The van der Waals surface area contributed by atoms with Crippen LogP contribution in [0.25, 0.3) is 0 Å². The summed E-state index contributed by atoms with van der Waals surface area (Å²) in [5.41, 5.74) is 0.746. The number of methoxy groups -OCH3 is 2. The second-order valence-electron chi connectivity index (χ2n) is 6.68. The molecule has 0 radical (unpaired) electrons. The Morgan fingerprint density at radius 2 is 1.72 bits per heavy atom. The van der Waals surface area contributed by atoms with Gasteiger partial charge < -0.3 is 14.8 Å². The van der Waals surface area contributed by atoms with Gasteiger partial charge in [-0.2, -0.15) is 4.72 Å². The molecule has 2 N–H and O–H groups in total. The van der Waals surface area contributed by atoms with Gasteiger partial charge in [0.2, 0.25) is 15.9 Å². The van der Waals surface area contributed by atoms with Gasteiger partial charge in [0.1, 0.15) is 16.8 Å². The molecule has 0 spiro atoms. The summed E-state index contributed by atoms with van der Waals surface area (Å²) in [6.45, 7) is 3.55. The Kier molecular flexibility index (Phi) is 7.58. The topological polar surface area (TPSA) is 93.7 Å². The van der Waals surface area contributed by atoms with Gasteiger partial charge in [0.15, 0.2) is 11.5 Å². The Hall–Kier alpha value is -2.65. The maximum Gasteiger partial charge on any atom is 0.244 e. The van der Waals surface area contributed by atoms with Crippen molar-refractivity contribution in [3.63, 3.8) is 0 Å². The van der Waals surface area contributed by atoms with Crippen LogP contribution in [0, 0.1) is 11.7 Å². The second-order valence-corrected chi connectivity index (χ2v) is 8.36. The lowest BCUT2D eigenvalue weighted by molar-refractivity contribution is -0.123. The highest BCUT2D eigenvalue weighted by molar-refractivity contribution is 7.89. The third-order valence-electron chi connectivity index (χ3n) is 4.27. The van der Waals surface area contributed by atoms with Crippen LogP contribution in [0.4, 0.5) is 4.39 Å². The van der Waals surface area contributed by atoms with E-state index in [9.17, 15) is 17.6 Å². The summed E-state index contributed by atoms with van der Waals surface area (Å²) in [7, 11) is -1.18. The number of ether oxygens (including phenoxy) is 2. The first kappa shape index (κ1) is 22.6. The molecule has 0 bridgehead atoms. The molecule has 2 rings (SSSR count). The highest BCUT2D eigenvalue weighted by Gasteiger charge is 2.29. The largest absolute Gasteiger partial charge is 0.493 e. The van der Waals surface area contributed by atoms with E-state index in [4.69, 9.17) is 9.47 Å². The van der Waals surface area contributed by atoms with Crippen molar-refractivity contribution in [2.45, 2.75) is 31.3 Å². The number of hydrogen-bond acceptors (Lipinski definition) is 5. The molecule has 0 fully saturated rings. The standard InChI is InChI=1S/C20H25FN2O5S/c1-13(2)19(23-29(25,26)18-8-6-5-7-15(18)21)20(24)22-12-14-9-10-16(27-3)17(11-14)28-4/h5-11,13,19,23H,12H2,1-4H3,(H,22,24)/t19-/m1/s1. The fourth-order valence-electron chi connectivity index (χ4n) is 2.68. The highest BCUT2D eigenvalue weighted by Crippen LogP contribution is 2.27. The highest BCUT2D eigenvalue weighted by atomic mass is 32.2. The molecule has 0 aliphatic rings. The molecule has 0 saturated heterocycles. The average Bonchev–Trinajstić information content (AvgIpc) is 2.70. The fraction of sp³-hybridized carbons (Fsp3) is 0.350. The van der Waals surface area contributed by atoms with Gasteiger partial charge in [-0.1, -0.05) is 32.0 Å². The monoisotopic (exact) mass is 424 g/mol. The van der Waals surface area contributed by atoms with Crippen LogP contribution < -0.4 is 19.5 Å². The lowest BCUT2D eigenvalue weighted by Gasteiger charge is -2.22. The van der Waals surface area contributed by atoms with Crippen LogP contribution in [0.1, 0.15) is 19.4 Å². The van der Waals surface area contributed by atoms with Crippen molar-refractivity contribution < 1.29 is 27.1 Å². The van der Waals surface area contributed by atoms with Crippen LogP contribution in [-0.2, 0) is 21.4 Å². The van der Waals surface area contributed by atoms with Gasteiger partial charge in [0, 0.05) is 6.54 Å². The Bertz CT molecular complexity index is 963. The fourth-order valence-corrected chi connectivity index (χ4v) is 4.10. The van der Waals surface area contributed by atoms with Crippen LogP contribution in [-0.4, -0.2) is 34.6 Å². The minimum atomic E-state index is -4.21. The van der Waals surface area contributed by atoms with Gasteiger partial charge in [-0.25, -0.2) is 12.8 Å². The van der Waals surface area contributed by atoms with Crippen LogP contribution in [0.15, 0.2) is 47.4 Å². The van der Waals surface area contributed by atoms with Gasteiger partial charge in [0.25, 0.3) is 0 Å². The van der Waals surface area contributed by atoms with Crippen LogP contribution in [0.2, 0.25) is 0 Å². The average molecular weight is 424 g/mol. The molecule has 2 aromatic rings. The van der Waals surface area contributed by atoms with Gasteiger partial charge in [0.05, 0.1) is 14.2 Å². The third kappa shape index (κ3) is 5.68. The van der Waals surface area contributed by atoms with E-state index in [1.54, 1.807) is 32.0 Å². The molecule has 1 amide bonds. The molecule has 0 heterocycles. The summed E-state index contributed by atoms with van der Waals surface area (Å²) in [5, 5.41) is 2.70. The van der Waals surface area contributed by atoms with Crippen LogP contribution in [0.5, 0.6) is 11.5 Å². The summed E-state index contributed by atoms with van der Waals surface area (Å²) in [5.74, 6) is -0.690. The molecule has 7 nitrogen and oxygen atoms in total. The lowest BCUT2D eigenvalue weighted by atomic mass is 10.0. The summed E-state index contributed by atoms with van der Waals surface area (Å²) in [6.07, 6.45) is 0. The molecule has 29 heavy (non-hydrogen) atoms. The normalized spacial score (nSPS) is 12.5. The Balaban J connectivity index is 2.13. The summed E-state index contributed by atoms with van der Waals surface area (Å²) < 4.78 is 51.7. The van der Waals surface area contributed by atoms with E-state index in [1.807, 2.05) is 0 Å². The van der Waals surface area contributed by atoms with E-state index in [1.165, 1.54) is 26.4 Å². The molecule has 0 aromatic heterocycles. The summed E-state index contributed by atoms with van der Waals surface area (Å²) in [4.78, 5) is 12.1. The molecule has 0 saturated carbocycles. The molecule has 1 atom stereocenters. The van der Waals surface area contributed by atoms with E-state index < -0.39 is 32.7 Å². The minimum absolute atomic E-state index is 0.157. The van der Waals surface area contributed by atoms with Gasteiger partial charge in [-0.05, 0) is 35.7 Å². The molecule has 2 aromatic carbocycles. The van der Waals surface area contributed by atoms with Crippen molar-refractivity contribution in [1.29, 1.82) is 0 Å². The molecule has 0 aliphatic heterocycles. The molecule has 0 aliphatic carbocycles. The molecule has 158 valence electrons. The van der Waals surface area contributed by atoms with Crippen molar-refractivity contribution in [2.24, 2.45) is 5.92 Å². The molecular formula is C20H25FN2O5S. The zero-order valence-corrected chi connectivity index (χ0v) is 17.5. The number of amides is 1. The zero-order chi connectivity index (χ0) is 21.6.